The second kappa shape index (κ2) is 7.07. The maximum Gasteiger partial charge on any atom is 0.0574 e. The van der Waals surface area contributed by atoms with E-state index in [1.165, 1.54) is 18.5 Å². The van der Waals surface area contributed by atoms with Crippen LogP contribution in [-0.2, 0) is 0 Å². The Morgan fingerprint density at radius 3 is 2.60 bits per heavy atom. The lowest BCUT2D eigenvalue weighted by atomic mass is 10.1. The highest BCUT2D eigenvalue weighted by Crippen LogP contribution is 2.36. The number of aromatic nitrogens is 1. The van der Waals surface area contributed by atoms with Crippen LogP contribution in [0.25, 0.3) is 0 Å². The molecule has 3 heteroatoms. The van der Waals surface area contributed by atoms with Crippen molar-refractivity contribution in [2.45, 2.75) is 58.5 Å². The summed E-state index contributed by atoms with van der Waals surface area (Å²) >= 11 is 0. The van der Waals surface area contributed by atoms with E-state index in [1.54, 1.807) is 0 Å². The number of pyridine rings is 1. The molecule has 1 saturated carbocycles. The van der Waals surface area contributed by atoms with Gasteiger partial charge < -0.3 is 10.2 Å². The quantitative estimate of drug-likeness (QED) is 0.783. The van der Waals surface area contributed by atoms with Gasteiger partial charge in [0.05, 0.1) is 17.6 Å². The van der Waals surface area contributed by atoms with Gasteiger partial charge in [0.2, 0.25) is 0 Å². The highest BCUT2D eigenvalue weighted by Gasteiger charge is 2.30. The summed E-state index contributed by atoms with van der Waals surface area (Å²) in [6.45, 7) is 7.79. The standard InChI is InChI=1S/C17H29N3/c1-5-11-18-16(6-2)17-10-9-15(12-19-17)20(4)13(3)14-7-8-14/h9-10,12-14,16,18H,5-8,11H2,1-4H3. The molecule has 2 rings (SSSR count). The van der Waals surface area contributed by atoms with Crippen molar-refractivity contribution in [3.8, 4) is 0 Å². The summed E-state index contributed by atoms with van der Waals surface area (Å²) in [5.41, 5.74) is 2.40. The van der Waals surface area contributed by atoms with Crippen molar-refractivity contribution in [2.24, 2.45) is 5.92 Å². The molecule has 1 heterocycles. The number of anilines is 1. The fourth-order valence-corrected chi connectivity index (χ4v) is 2.72. The van der Waals surface area contributed by atoms with Crippen LogP contribution in [0.4, 0.5) is 5.69 Å². The van der Waals surface area contributed by atoms with Gasteiger partial charge in [0.25, 0.3) is 0 Å². The van der Waals surface area contributed by atoms with E-state index in [1.807, 2.05) is 6.20 Å². The lowest BCUT2D eigenvalue weighted by molar-refractivity contribution is 0.507. The summed E-state index contributed by atoms with van der Waals surface area (Å²) < 4.78 is 0. The van der Waals surface area contributed by atoms with Crippen molar-refractivity contribution in [2.75, 3.05) is 18.5 Å². The number of nitrogens with one attached hydrogen (secondary N) is 1. The van der Waals surface area contributed by atoms with Gasteiger partial charge in [0, 0.05) is 19.1 Å². The third-order valence-electron chi connectivity index (χ3n) is 4.50. The highest BCUT2D eigenvalue weighted by molar-refractivity contribution is 5.45. The van der Waals surface area contributed by atoms with Crippen molar-refractivity contribution in [1.29, 1.82) is 0 Å². The molecule has 2 unspecified atom stereocenters. The number of nitrogens with zero attached hydrogens (tertiary/aromatic N) is 2. The monoisotopic (exact) mass is 275 g/mol. The molecule has 0 spiro atoms. The van der Waals surface area contributed by atoms with Crippen LogP contribution in [-0.4, -0.2) is 24.6 Å². The Balaban J connectivity index is 2.00. The molecule has 2 atom stereocenters. The predicted octanol–water partition coefficient (Wildman–Crippen LogP) is 3.77. The zero-order valence-corrected chi connectivity index (χ0v) is 13.4. The zero-order valence-electron chi connectivity index (χ0n) is 13.4. The van der Waals surface area contributed by atoms with Gasteiger partial charge in [-0.05, 0) is 57.2 Å². The molecule has 3 nitrogen and oxygen atoms in total. The molecule has 1 N–H and O–H groups in total. The maximum absolute atomic E-state index is 4.68. The summed E-state index contributed by atoms with van der Waals surface area (Å²) in [5, 5.41) is 3.56. The van der Waals surface area contributed by atoms with Gasteiger partial charge in [0.1, 0.15) is 0 Å². The molecule has 0 saturated heterocycles. The Labute approximate surface area is 123 Å². The molecular formula is C17H29N3. The second-order valence-electron chi connectivity index (χ2n) is 6.05. The molecular weight excluding hydrogens is 246 g/mol. The topological polar surface area (TPSA) is 28.2 Å². The van der Waals surface area contributed by atoms with Gasteiger partial charge in [-0.2, -0.15) is 0 Å². The van der Waals surface area contributed by atoms with E-state index >= 15 is 0 Å². The molecule has 112 valence electrons. The number of hydrogen-bond donors (Lipinski definition) is 1. The van der Waals surface area contributed by atoms with Gasteiger partial charge in [-0.3, -0.25) is 4.98 Å². The Morgan fingerprint density at radius 1 is 1.35 bits per heavy atom. The van der Waals surface area contributed by atoms with Crippen LogP contribution in [0, 0.1) is 5.92 Å². The predicted molar refractivity (Wildman–Crippen MR) is 86.2 cm³/mol. The van der Waals surface area contributed by atoms with E-state index in [9.17, 15) is 0 Å². The Kier molecular flexibility index (Phi) is 5.41. The minimum atomic E-state index is 0.384. The maximum atomic E-state index is 4.68. The van der Waals surface area contributed by atoms with E-state index in [0.29, 0.717) is 12.1 Å². The van der Waals surface area contributed by atoms with Crippen LogP contribution in [0.3, 0.4) is 0 Å². The Hall–Kier alpha value is -1.09. The van der Waals surface area contributed by atoms with Crippen LogP contribution in [0.15, 0.2) is 18.3 Å². The fourth-order valence-electron chi connectivity index (χ4n) is 2.72. The first-order valence-electron chi connectivity index (χ1n) is 8.09. The first-order valence-corrected chi connectivity index (χ1v) is 8.09. The van der Waals surface area contributed by atoms with Crippen molar-refractivity contribution in [3.05, 3.63) is 24.0 Å². The van der Waals surface area contributed by atoms with E-state index in [-0.39, 0.29) is 0 Å². The van der Waals surface area contributed by atoms with Crippen LogP contribution in [0.1, 0.15) is 58.2 Å². The minimum absolute atomic E-state index is 0.384. The second-order valence-corrected chi connectivity index (χ2v) is 6.05. The molecule has 0 aromatic carbocycles. The highest BCUT2D eigenvalue weighted by atomic mass is 15.1. The number of hydrogen-bond acceptors (Lipinski definition) is 3. The lowest BCUT2D eigenvalue weighted by Gasteiger charge is -2.27. The summed E-state index contributed by atoms with van der Waals surface area (Å²) in [5.74, 6) is 0.884. The fraction of sp³-hybridized carbons (Fsp3) is 0.706. The molecule has 0 amide bonds. The smallest absolute Gasteiger partial charge is 0.0574 e. The van der Waals surface area contributed by atoms with Crippen molar-refractivity contribution in [3.63, 3.8) is 0 Å². The lowest BCUT2D eigenvalue weighted by Crippen LogP contribution is -2.30. The average molecular weight is 275 g/mol. The first kappa shape index (κ1) is 15.3. The molecule has 0 radical (unpaired) electrons. The Morgan fingerprint density at radius 2 is 2.10 bits per heavy atom. The van der Waals surface area contributed by atoms with Crippen molar-refractivity contribution in [1.82, 2.24) is 10.3 Å². The molecule has 1 aromatic heterocycles. The molecule has 1 fully saturated rings. The van der Waals surface area contributed by atoms with Crippen LogP contribution < -0.4 is 10.2 Å². The molecule has 1 aromatic rings. The van der Waals surface area contributed by atoms with E-state index in [0.717, 1.165) is 31.0 Å². The van der Waals surface area contributed by atoms with E-state index in [2.05, 4.69) is 55.2 Å². The van der Waals surface area contributed by atoms with Crippen LogP contribution in [0.2, 0.25) is 0 Å². The molecule has 1 aliphatic rings. The SMILES string of the molecule is CCCNC(CC)c1ccc(N(C)C(C)C2CC2)cn1. The summed E-state index contributed by atoms with van der Waals surface area (Å²) in [6, 6.07) is 5.41. The third-order valence-corrected chi connectivity index (χ3v) is 4.50. The van der Waals surface area contributed by atoms with Crippen LogP contribution in [0.5, 0.6) is 0 Å². The van der Waals surface area contributed by atoms with Crippen molar-refractivity contribution < 1.29 is 0 Å². The average Bonchev–Trinajstić information content (AvgIpc) is 3.32. The summed E-state index contributed by atoms with van der Waals surface area (Å²) in [6.07, 6.45) is 7.05. The van der Waals surface area contributed by atoms with E-state index in [4.69, 9.17) is 0 Å². The van der Waals surface area contributed by atoms with Gasteiger partial charge in [-0.15, -0.1) is 0 Å². The number of rotatable bonds is 8. The molecule has 0 bridgehead atoms. The van der Waals surface area contributed by atoms with Gasteiger partial charge in [-0.25, -0.2) is 0 Å². The summed E-state index contributed by atoms with van der Waals surface area (Å²) in [4.78, 5) is 7.05. The van der Waals surface area contributed by atoms with Gasteiger partial charge in [0.15, 0.2) is 0 Å². The van der Waals surface area contributed by atoms with Gasteiger partial charge >= 0.3 is 0 Å². The normalized spacial score (nSPS) is 17.8. The van der Waals surface area contributed by atoms with Crippen LogP contribution >= 0.6 is 0 Å². The molecule has 1 aliphatic carbocycles. The summed E-state index contributed by atoms with van der Waals surface area (Å²) in [7, 11) is 2.19. The molecule has 20 heavy (non-hydrogen) atoms. The van der Waals surface area contributed by atoms with E-state index < -0.39 is 0 Å². The molecule has 0 aliphatic heterocycles. The van der Waals surface area contributed by atoms with Crippen molar-refractivity contribution >= 4 is 5.69 Å². The van der Waals surface area contributed by atoms with Gasteiger partial charge in [-0.1, -0.05) is 13.8 Å². The first-order chi connectivity index (χ1) is 9.67. The third kappa shape index (κ3) is 3.72. The minimum Gasteiger partial charge on any atom is -0.370 e. The largest absolute Gasteiger partial charge is 0.370 e. The Bertz CT molecular complexity index is 397. The zero-order chi connectivity index (χ0) is 14.5.